The van der Waals surface area contributed by atoms with Gasteiger partial charge in [-0.25, -0.2) is 0 Å². The van der Waals surface area contributed by atoms with Gasteiger partial charge in [-0.3, -0.25) is 9.59 Å². The largest absolute Gasteiger partial charge is 0.336 e. The molecule has 0 aromatic heterocycles. The molecular weight excluding hydrogens is 344 g/mol. The minimum Gasteiger partial charge on any atom is -0.336 e. The van der Waals surface area contributed by atoms with E-state index in [2.05, 4.69) is 35.1 Å². The van der Waals surface area contributed by atoms with Gasteiger partial charge in [0.1, 0.15) is 0 Å². The van der Waals surface area contributed by atoms with Crippen LogP contribution in [-0.4, -0.2) is 30.3 Å². The number of benzene rings is 1. The van der Waals surface area contributed by atoms with Gasteiger partial charge in [0.25, 0.3) is 0 Å². The second kappa shape index (κ2) is 8.93. The van der Waals surface area contributed by atoms with E-state index in [0.717, 1.165) is 28.6 Å². The van der Waals surface area contributed by atoms with Gasteiger partial charge in [-0.1, -0.05) is 42.6 Å². The van der Waals surface area contributed by atoms with E-state index in [4.69, 9.17) is 0 Å². The number of amides is 2. The van der Waals surface area contributed by atoms with E-state index in [1.165, 1.54) is 4.90 Å². The van der Waals surface area contributed by atoms with Crippen LogP contribution >= 0.6 is 15.9 Å². The van der Waals surface area contributed by atoms with Gasteiger partial charge < -0.3 is 10.2 Å². The quantitative estimate of drug-likeness (QED) is 0.790. The van der Waals surface area contributed by atoms with Crippen molar-refractivity contribution >= 4 is 33.4 Å². The van der Waals surface area contributed by atoms with Gasteiger partial charge in [0.15, 0.2) is 0 Å². The zero-order valence-corrected chi connectivity index (χ0v) is 15.4. The first-order valence-corrected chi connectivity index (χ1v) is 8.42. The Labute approximate surface area is 141 Å². The molecule has 0 spiro atoms. The maximum Gasteiger partial charge on any atom is 0.243 e. The number of nitrogens with zero attached hydrogens (tertiary/aromatic N) is 1. The van der Waals surface area contributed by atoms with Crippen LogP contribution in [0.15, 0.2) is 22.7 Å². The molecule has 5 heteroatoms. The molecule has 0 radical (unpaired) electrons. The van der Waals surface area contributed by atoms with E-state index in [9.17, 15) is 9.59 Å². The van der Waals surface area contributed by atoms with E-state index in [1.54, 1.807) is 7.05 Å². The maximum atomic E-state index is 12.1. The van der Waals surface area contributed by atoms with Crippen molar-refractivity contribution < 1.29 is 9.59 Å². The van der Waals surface area contributed by atoms with Crippen LogP contribution in [0.3, 0.4) is 0 Å². The van der Waals surface area contributed by atoms with Crippen molar-refractivity contribution in [2.45, 2.75) is 40.0 Å². The number of hydrogen-bond acceptors (Lipinski definition) is 2. The second-order valence-electron chi connectivity index (χ2n) is 5.86. The van der Waals surface area contributed by atoms with Crippen molar-refractivity contribution in [1.82, 2.24) is 4.90 Å². The second-order valence-corrected chi connectivity index (χ2v) is 6.77. The Kier molecular flexibility index (Phi) is 7.59. The Hall–Kier alpha value is -1.36. The molecule has 0 heterocycles. The maximum absolute atomic E-state index is 12.1. The first-order chi connectivity index (χ1) is 10.3. The van der Waals surface area contributed by atoms with E-state index in [-0.39, 0.29) is 18.4 Å². The number of anilines is 1. The average Bonchev–Trinajstić information content (AvgIpc) is 2.42. The molecule has 22 heavy (non-hydrogen) atoms. The number of carbonyl (C=O) groups excluding carboxylic acids is 2. The summed E-state index contributed by atoms with van der Waals surface area (Å²) in [5, 5.41) is 2.85. The van der Waals surface area contributed by atoms with Crippen LogP contribution in [0.25, 0.3) is 0 Å². The van der Waals surface area contributed by atoms with Crippen LogP contribution in [-0.2, 0) is 9.59 Å². The molecule has 1 atom stereocenters. The SMILES string of the molecule is CCCC(C)CC(=O)N(C)CC(=O)Nc1ccc(Br)cc1C. The molecule has 0 bridgehead atoms. The third-order valence-electron chi connectivity index (χ3n) is 3.57. The topological polar surface area (TPSA) is 49.4 Å². The highest BCUT2D eigenvalue weighted by atomic mass is 79.9. The van der Waals surface area contributed by atoms with Gasteiger partial charge in [-0.2, -0.15) is 0 Å². The van der Waals surface area contributed by atoms with E-state index in [0.29, 0.717) is 12.3 Å². The van der Waals surface area contributed by atoms with Crippen LogP contribution in [0, 0.1) is 12.8 Å². The Morgan fingerprint density at radius 3 is 2.64 bits per heavy atom. The van der Waals surface area contributed by atoms with Crippen LogP contribution < -0.4 is 5.32 Å². The van der Waals surface area contributed by atoms with Gasteiger partial charge in [0.2, 0.25) is 11.8 Å². The van der Waals surface area contributed by atoms with Crippen molar-refractivity contribution in [3.63, 3.8) is 0 Å². The molecule has 1 N–H and O–H groups in total. The third-order valence-corrected chi connectivity index (χ3v) is 4.07. The fourth-order valence-electron chi connectivity index (χ4n) is 2.31. The lowest BCUT2D eigenvalue weighted by Gasteiger charge is -2.19. The summed E-state index contributed by atoms with van der Waals surface area (Å²) in [5.74, 6) is 0.199. The van der Waals surface area contributed by atoms with E-state index >= 15 is 0 Å². The third kappa shape index (κ3) is 6.18. The zero-order chi connectivity index (χ0) is 16.7. The molecule has 0 aliphatic rings. The summed E-state index contributed by atoms with van der Waals surface area (Å²) in [6, 6.07) is 5.67. The van der Waals surface area contributed by atoms with Crippen LogP contribution in [0.2, 0.25) is 0 Å². The number of halogens is 1. The number of carbonyl (C=O) groups is 2. The summed E-state index contributed by atoms with van der Waals surface area (Å²) < 4.78 is 0.972. The summed E-state index contributed by atoms with van der Waals surface area (Å²) in [4.78, 5) is 25.6. The summed E-state index contributed by atoms with van der Waals surface area (Å²) in [5.41, 5.74) is 1.75. The lowest BCUT2D eigenvalue weighted by Crippen LogP contribution is -2.35. The first-order valence-electron chi connectivity index (χ1n) is 7.63. The molecular formula is C17H25BrN2O2. The number of hydrogen-bond donors (Lipinski definition) is 1. The molecule has 4 nitrogen and oxygen atoms in total. The summed E-state index contributed by atoms with van der Waals surface area (Å²) in [7, 11) is 1.68. The number of rotatable bonds is 7. The summed E-state index contributed by atoms with van der Waals surface area (Å²) >= 11 is 3.39. The first kappa shape index (κ1) is 18.7. The van der Waals surface area contributed by atoms with Crippen LogP contribution in [0.5, 0.6) is 0 Å². The predicted octanol–water partition coefficient (Wildman–Crippen LogP) is 3.98. The molecule has 122 valence electrons. The van der Waals surface area contributed by atoms with E-state index < -0.39 is 0 Å². The minimum atomic E-state index is -0.176. The van der Waals surface area contributed by atoms with Gasteiger partial charge >= 0.3 is 0 Å². The Morgan fingerprint density at radius 2 is 2.05 bits per heavy atom. The van der Waals surface area contributed by atoms with Crippen LogP contribution in [0.4, 0.5) is 5.69 Å². The Bertz CT molecular complexity index is 531. The van der Waals surface area contributed by atoms with Crippen LogP contribution in [0.1, 0.15) is 38.7 Å². The fraction of sp³-hybridized carbons (Fsp3) is 0.529. The number of likely N-dealkylation sites (N-methyl/N-ethyl adjacent to an activating group) is 1. The predicted molar refractivity (Wildman–Crippen MR) is 93.8 cm³/mol. The summed E-state index contributed by atoms with van der Waals surface area (Å²) in [6.45, 7) is 6.19. The van der Waals surface area contributed by atoms with E-state index in [1.807, 2.05) is 25.1 Å². The zero-order valence-electron chi connectivity index (χ0n) is 13.8. The van der Waals surface area contributed by atoms with Crippen molar-refractivity contribution in [1.29, 1.82) is 0 Å². The molecule has 1 rings (SSSR count). The highest BCUT2D eigenvalue weighted by Gasteiger charge is 2.16. The highest BCUT2D eigenvalue weighted by Crippen LogP contribution is 2.20. The molecule has 1 aromatic carbocycles. The van der Waals surface area contributed by atoms with Gasteiger partial charge in [0, 0.05) is 23.6 Å². The normalized spacial score (nSPS) is 11.9. The van der Waals surface area contributed by atoms with Gasteiger partial charge in [0.05, 0.1) is 6.54 Å². The Balaban J connectivity index is 2.51. The Morgan fingerprint density at radius 1 is 1.36 bits per heavy atom. The molecule has 0 aliphatic heterocycles. The number of nitrogens with one attached hydrogen (secondary N) is 1. The molecule has 2 amide bonds. The molecule has 0 saturated carbocycles. The fourth-order valence-corrected chi connectivity index (χ4v) is 2.78. The lowest BCUT2D eigenvalue weighted by atomic mass is 10.0. The van der Waals surface area contributed by atoms with Crippen molar-refractivity contribution in [2.24, 2.45) is 5.92 Å². The smallest absolute Gasteiger partial charge is 0.243 e. The van der Waals surface area contributed by atoms with Gasteiger partial charge in [-0.05, 0) is 36.6 Å². The van der Waals surface area contributed by atoms with Crippen molar-refractivity contribution in [3.8, 4) is 0 Å². The molecule has 1 unspecified atom stereocenters. The monoisotopic (exact) mass is 368 g/mol. The molecule has 0 aliphatic carbocycles. The molecule has 0 saturated heterocycles. The average molecular weight is 369 g/mol. The lowest BCUT2D eigenvalue weighted by molar-refractivity contribution is -0.134. The molecule has 0 fully saturated rings. The van der Waals surface area contributed by atoms with Gasteiger partial charge in [-0.15, -0.1) is 0 Å². The molecule has 1 aromatic rings. The minimum absolute atomic E-state index is 0.0172. The number of aryl methyl sites for hydroxylation is 1. The van der Waals surface area contributed by atoms with Crippen molar-refractivity contribution in [3.05, 3.63) is 28.2 Å². The summed E-state index contributed by atoms with van der Waals surface area (Å²) in [6.07, 6.45) is 2.60. The van der Waals surface area contributed by atoms with Crippen molar-refractivity contribution in [2.75, 3.05) is 18.9 Å². The standard InChI is InChI=1S/C17H25BrN2O2/c1-5-6-12(2)9-17(22)20(4)11-16(21)19-15-8-7-14(18)10-13(15)3/h7-8,10,12H,5-6,9,11H2,1-4H3,(H,19,21). The highest BCUT2D eigenvalue weighted by molar-refractivity contribution is 9.10.